The van der Waals surface area contributed by atoms with Crippen molar-refractivity contribution in [3.8, 4) is 0 Å². The second-order valence-electron chi connectivity index (χ2n) is 5.44. The smallest absolute Gasteiger partial charge is 2.00 e. The molecule has 0 aliphatic carbocycles. The quantitative estimate of drug-likeness (QED) is 0.200. The van der Waals surface area contributed by atoms with Crippen LogP contribution in [-0.4, -0.2) is 25.0 Å². The van der Waals surface area contributed by atoms with E-state index in [1.54, 1.807) is 6.92 Å². The summed E-state index contributed by atoms with van der Waals surface area (Å²) in [4.78, 5) is 21.7. The molecule has 0 amide bonds. The molecule has 1 aromatic carbocycles. The van der Waals surface area contributed by atoms with Crippen LogP contribution in [0.25, 0.3) is 0 Å². The van der Waals surface area contributed by atoms with Gasteiger partial charge in [0, 0.05) is 19.4 Å². The average Bonchev–Trinajstić information content (AvgIpc) is 2.76. The summed E-state index contributed by atoms with van der Waals surface area (Å²) in [5.41, 5.74) is 1.17. The minimum atomic E-state index is -0.156. The molecule has 0 saturated carbocycles. The minimum Gasteiger partial charge on any atom is 2.00 e. The summed E-state index contributed by atoms with van der Waals surface area (Å²) in [5.74, 6) is 0.269. The summed E-state index contributed by atoms with van der Waals surface area (Å²) < 4.78 is 32.7. The van der Waals surface area contributed by atoms with Crippen LogP contribution < -0.4 is 0 Å². The van der Waals surface area contributed by atoms with Crippen molar-refractivity contribution in [1.29, 1.82) is 0 Å². The molecule has 0 aromatic heterocycles. The van der Waals surface area contributed by atoms with Gasteiger partial charge in [-0.3, -0.25) is 4.79 Å². The minimum absolute atomic E-state index is 0. The number of hydrogen-bond acceptors (Lipinski definition) is 4. The first-order valence-electron chi connectivity index (χ1n) is 8.49. The van der Waals surface area contributed by atoms with Gasteiger partial charge in [-0.15, -0.1) is 0 Å². The summed E-state index contributed by atoms with van der Waals surface area (Å²) >= 11 is 0. The Morgan fingerprint density at radius 1 is 1.00 bits per heavy atom. The maximum atomic E-state index is 11.7. The van der Waals surface area contributed by atoms with Crippen molar-refractivity contribution in [2.24, 2.45) is 0 Å². The Morgan fingerprint density at radius 3 is 2.10 bits per heavy atom. The third-order valence-electron chi connectivity index (χ3n) is 3.42. The first-order valence-corrected chi connectivity index (χ1v) is 8.49. The van der Waals surface area contributed by atoms with Crippen LogP contribution in [0.15, 0.2) is 30.3 Å². The SMILES string of the molecule is C[C@@H](CCCC(=O)CCCCOCc1ccccc1)O[C-]=O.[C-]#[O+].[C-]#[O+].[C-]#[O+].[Fe+2]. The molecule has 158 valence electrons. The molecule has 8 heteroatoms. The van der Waals surface area contributed by atoms with E-state index >= 15 is 0 Å². The number of rotatable bonds is 13. The molecule has 0 saturated heterocycles. The van der Waals surface area contributed by atoms with Gasteiger partial charge in [-0.25, -0.2) is 0 Å². The van der Waals surface area contributed by atoms with Crippen molar-refractivity contribution >= 4 is 12.3 Å². The van der Waals surface area contributed by atoms with E-state index in [-0.39, 0.29) is 29.0 Å². The zero-order chi connectivity index (χ0) is 22.0. The van der Waals surface area contributed by atoms with Crippen molar-refractivity contribution in [1.82, 2.24) is 0 Å². The topological polar surface area (TPSA) is 112 Å². The van der Waals surface area contributed by atoms with Crippen LogP contribution in [0, 0.1) is 20.0 Å². The number of carbonyl (C=O) groups is 1. The summed E-state index contributed by atoms with van der Waals surface area (Å²) in [5, 5.41) is 0. The van der Waals surface area contributed by atoms with E-state index in [4.69, 9.17) is 18.7 Å². The number of Topliss-reactive ketones (excluding diaryl/α,β-unsaturated/α-hetero) is 1. The van der Waals surface area contributed by atoms with Gasteiger partial charge in [0.15, 0.2) is 0 Å². The van der Waals surface area contributed by atoms with Crippen LogP contribution in [0.3, 0.4) is 0 Å². The van der Waals surface area contributed by atoms with Crippen molar-refractivity contribution < 1.29 is 50.1 Å². The average molecular weight is 445 g/mol. The van der Waals surface area contributed by atoms with Gasteiger partial charge in [-0.2, -0.15) is 0 Å². The van der Waals surface area contributed by atoms with Crippen LogP contribution in [0.5, 0.6) is 0 Å². The number of ether oxygens (including phenoxy) is 2. The Morgan fingerprint density at radius 2 is 1.55 bits per heavy atom. The second-order valence-corrected chi connectivity index (χ2v) is 5.44. The van der Waals surface area contributed by atoms with Gasteiger partial charge in [0.1, 0.15) is 5.78 Å². The van der Waals surface area contributed by atoms with Gasteiger partial charge in [-0.1, -0.05) is 36.8 Å². The standard InChI is InChI=1S/C18H25O4.3CO.Fe/c1-16(22-15-19)8-7-12-18(20)11-5-6-13-21-14-17-9-3-2-4-10-17;3*1-2;/h2-4,9-10,16H,5-8,11-14H2,1H3;;;;/q-1;;;;+2/t16-;;;;/m0..../s1. The van der Waals surface area contributed by atoms with Gasteiger partial charge >= 0.3 is 51.0 Å². The third kappa shape index (κ3) is 26.1. The van der Waals surface area contributed by atoms with Crippen molar-refractivity contribution in [2.45, 2.75) is 58.2 Å². The molecule has 0 aliphatic rings. The van der Waals surface area contributed by atoms with Gasteiger partial charge in [0.05, 0.1) is 12.7 Å². The molecule has 0 N–H and O–H groups in total. The van der Waals surface area contributed by atoms with E-state index in [0.717, 1.165) is 19.3 Å². The Labute approximate surface area is 183 Å². The predicted molar refractivity (Wildman–Crippen MR) is 96.8 cm³/mol. The fourth-order valence-electron chi connectivity index (χ4n) is 2.14. The van der Waals surface area contributed by atoms with E-state index in [2.05, 4.69) is 24.7 Å². The maximum Gasteiger partial charge on any atom is 2.00 e. The van der Waals surface area contributed by atoms with E-state index in [1.807, 2.05) is 30.3 Å². The van der Waals surface area contributed by atoms with Crippen LogP contribution in [-0.2, 0) is 56.7 Å². The molecule has 1 atom stereocenters. The zero-order valence-corrected chi connectivity index (χ0v) is 17.4. The molecule has 1 rings (SSSR count). The molecule has 7 nitrogen and oxygen atoms in total. The molecule has 0 spiro atoms. The first-order chi connectivity index (χ1) is 13.7. The summed E-state index contributed by atoms with van der Waals surface area (Å²) in [7, 11) is 0. The van der Waals surface area contributed by atoms with Crippen LogP contribution in [0.1, 0.15) is 51.0 Å². The Balaban J connectivity index is -0.000000407. The Kier molecular flexibility index (Phi) is 36.7. The molecular weight excluding hydrogens is 420 g/mol. The van der Waals surface area contributed by atoms with Crippen molar-refractivity contribution in [3.05, 3.63) is 55.8 Å². The van der Waals surface area contributed by atoms with Crippen LogP contribution in [0.4, 0.5) is 0 Å². The third-order valence-corrected chi connectivity index (χ3v) is 3.42. The van der Waals surface area contributed by atoms with Gasteiger partial charge in [-0.05, 0) is 38.2 Å². The number of carbonyl (C=O) groups excluding carboxylic acids is 2. The van der Waals surface area contributed by atoms with Gasteiger partial charge in [0.2, 0.25) is 0 Å². The second kappa shape index (κ2) is 30.8. The first kappa shape index (κ1) is 34.6. The number of hydrogen-bond donors (Lipinski definition) is 0. The Bertz CT molecular complexity index is 527. The largest absolute Gasteiger partial charge is 2.00 e. The fourth-order valence-corrected chi connectivity index (χ4v) is 2.14. The summed E-state index contributed by atoms with van der Waals surface area (Å²) in [6.07, 6.45) is 4.23. The zero-order valence-electron chi connectivity index (χ0n) is 16.3. The molecule has 0 heterocycles. The molecule has 0 bridgehead atoms. The van der Waals surface area contributed by atoms with Crippen LogP contribution >= 0.6 is 0 Å². The fraction of sp³-hybridized carbons (Fsp3) is 0.476. The van der Waals surface area contributed by atoms with Gasteiger partial charge < -0.3 is 14.3 Å². The summed E-state index contributed by atoms with van der Waals surface area (Å²) in [6, 6.07) is 10.1. The molecule has 0 fully saturated rings. The molecule has 29 heavy (non-hydrogen) atoms. The normalized spacial score (nSPS) is 9.21. The van der Waals surface area contributed by atoms with Crippen molar-refractivity contribution in [2.75, 3.05) is 6.61 Å². The molecular formula is C21H25FeO7+. The number of ketones is 1. The number of benzene rings is 1. The van der Waals surface area contributed by atoms with E-state index in [9.17, 15) is 9.59 Å². The summed E-state index contributed by atoms with van der Waals surface area (Å²) in [6.45, 7) is 18.0. The molecule has 0 aliphatic heterocycles. The molecule has 0 unspecified atom stereocenters. The van der Waals surface area contributed by atoms with Gasteiger partial charge in [0.25, 0.3) is 0 Å². The molecule has 1 aromatic rings. The van der Waals surface area contributed by atoms with Crippen molar-refractivity contribution in [3.63, 3.8) is 0 Å². The molecule has 0 radical (unpaired) electrons. The predicted octanol–water partition coefficient (Wildman–Crippen LogP) is 3.47. The Hall–Kier alpha value is -1.94. The van der Waals surface area contributed by atoms with E-state index in [0.29, 0.717) is 32.5 Å². The maximum absolute atomic E-state index is 11.7. The number of unbranched alkanes of at least 4 members (excludes halogenated alkanes) is 1. The van der Waals surface area contributed by atoms with E-state index in [1.165, 1.54) is 12.0 Å². The van der Waals surface area contributed by atoms with Crippen LogP contribution in [0.2, 0.25) is 0 Å². The van der Waals surface area contributed by atoms with E-state index < -0.39 is 0 Å². The monoisotopic (exact) mass is 445 g/mol.